The fourth-order valence-electron chi connectivity index (χ4n) is 12.7. The third-order valence-electron chi connectivity index (χ3n) is 17.4. The summed E-state index contributed by atoms with van der Waals surface area (Å²) in [5.74, 6) is 4.85. The van der Waals surface area contributed by atoms with Gasteiger partial charge < -0.3 is 38.7 Å². The van der Waals surface area contributed by atoms with E-state index in [0.29, 0.717) is 17.4 Å². The summed E-state index contributed by atoms with van der Waals surface area (Å²) in [6.45, 7) is 6.70. The highest BCUT2D eigenvalue weighted by Crippen LogP contribution is 2.43. The average Bonchev–Trinajstić information content (AvgIpc) is 1.74. The Morgan fingerprint density at radius 3 is 1.24 bits per heavy atom. The molecule has 8 heteroatoms. The number of rotatable bonds is 16. The van der Waals surface area contributed by atoms with E-state index in [4.69, 9.17) is 14.2 Å². The van der Waals surface area contributed by atoms with Crippen molar-refractivity contribution in [2.75, 3.05) is 0 Å². The number of nitrogens with zero attached hydrogens (tertiary/aromatic N) is 1. The van der Waals surface area contributed by atoms with Gasteiger partial charge in [-0.15, -0.1) is 0 Å². The molecule has 6 heterocycles. The number of ether oxygens (including phenoxy) is 3. The lowest BCUT2D eigenvalue weighted by molar-refractivity contribution is 0.402. The normalized spacial score (nSPS) is 12.4. The molecule has 91 heavy (non-hydrogen) atoms. The Morgan fingerprint density at radius 1 is 0.363 bits per heavy atom. The Bertz CT molecular complexity index is 5020. The van der Waals surface area contributed by atoms with E-state index in [1.54, 1.807) is 0 Å². The van der Waals surface area contributed by atoms with Gasteiger partial charge in [0.1, 0.15) is 23.0 Å². The Balaban J connectivity index is 0.000000159. The molecule has 0 spiro atoms. The summed E-state index contributed by atoms with van der Waals surface area (Å²) in [5.41, 5.74) is 16.8. The molecule has 0 fully saturated rings. The summed E-state index contributed by atoms with van der Waals surface area (Å²) in [4.78, 5) is 15.1. The van der Waals surface area contributed by atoms with Gasteiger partial charge in [-0.2, -0.15) is 0 Å². The highest BCUT2D eigenvalue weighted by molar-refractivity contribution is 6.09. The molecule has 0 amide bonds. The predicted octanol–water partition coefficient (Wildman–Crippen LogP) is 18.2. The lowest BCUT2D eigenvalue weighted by atomic mass is 9.91. The number of nitrogens with one attached hydrogen (secondary N) is 4. The molecule has 1 unspecified atom stereocenters. The second kappa shape index (κ2) is 26.2. The molecule has 0 aliphatic carbocycles. The van der Waals surface area contributed by atoms with Gasteiger partial charge in [0.25, 0.3) is 0 Å². The second-order valence-corrected chi connectivity index (χ2v) is 23.3. The molecule has 1 aliphatic rings. The molecule has 1 aliphatic heterocycles. The zero-order chi connectivity index (χ0) is 61.5. The lowest BCUT2D eigenvalue weighted by Gasteiger charge is -2.21. The first-order chi connectivity index (χ1) is 44.9. The summed E-state index contributed by atoms with van der Waals surface area (Å²) >= 11 is 0. The van der Waals surface area contributed by atoms with Crippen LogP contribution in [0.4, 0.5) is 0 Å². The van der Waals surface area contributed by atoms with Crippen molar-refractivity contribution in [3.8, 4) is 40.2 Å². The first-order valence-corrected chi connectivity index (χ1v) is 31.7. The summed E-state index contributed by atoms with van der Waals surface area (Å²) in [7, 11) is 0. The maximum atomic E-state index is 6.75. The molecule has 0 saturated carbocycles. The largest absolute Gasteiger partial charge is 0.457 e. The van der Waals surface area contributed by atoms with E-state index < -0.39 is 0 Å². The number of aromatic amines is 4. The Hall–Kier alpha value is -11.2. The van der Waals surface area contributed by atoms with Gasteiger partial charge >= 0.3 is 0 Å². The monoisotopic (exact) mass is 1190 g/mol. The SMILES string of the molecule is CC1=c2ccc([nH]2)=C(c2ccccc2)c2ccc([nH]2)C(c2ccccc2)=c2ccc([nH]2)=C(c2ccccc2)c2ccc1[nH]2.CCCCC(CC)Cc1cc(Oc2ccccc2)c(Oc2ccccc2)cc1Oc1ccc(-n2c3ccccc3c3ccccc32)cc1. The third kappa shape index (κ3) is 12.2. The number of fused-ring (bicyclic) bond motifs is 11. The topological polar surface area (TPSA) is 95.8 Å². The number of para-hydroxylation sites is 4. The van der Waals surface area contributed by atoms with Gasteiger partial charge in [0.05, 0.1) is 11.0 Å². The van der Waals surface area contributed by atoms with Crippen molar-refractivity contribution in [2.24, 2.45) is 5.92 Å². The summed E-state index contributed by atoms with van der Waals surface area (Å²) in [6, 6.07) is 98.6. The van der Waals surface area contributed by atoms with Gasteiger partial charge in [-0.3, -0.25) is 0 Å². The van der Waals surface area contributed by atoms with Gasteiger partial charge in [0.15, 0.2) is 11.5 Å². The fraction of sp³-hybridized carbons (Fsp3) is 0.108. The molecule has 9 aromatic carbocycles. The van der Waals surface area contributed by atoms with E-state index in [1.807, 2.05) is 66.7 Å². The van der Waals surface area contributed by atoms with Crippen LogP contribution < -0.4 is 35.6 Å². The van der Waals surface area contributed by atoms with E-state index in [2.05, 4.69) is 264 Å². The molecule has 0 saturated heterocycles. The molecule has 8 nitrogen and oxygen atoms in total. The van der Waals surface area contributed by atoms with E-state index in [1.165, 1.54) is 41.1 Å². The first-order valence-electron chi connectivity index (χ1n) is 31.7. The van der Waals surface area contributed by atoms with Crippen LogP contribution in [0.15, 0.2) is 285 Å². The minimum atomic E-state index is 0.537. The molecule has 15 rings (SSSR count). The van der Waals surface area contributed by atoms with Crippen LogP contribution in [0.1, 0.15) is 91.5 Å². The molecule has 5 aromatic heterocycles. The Labute approximate surface area is 530 Å². The van der Waals surface area contributed by atoms with E-state index in [9.17, 15) is 0 Å². The first kappa shape index (κ1) is 57.5. The number of benzene rings is 9. The minimum absolute atomic E-state index is 0.537. The molecule has 8 bridgehead atoms. The third-order valence-corrected chi connectivity index (χ3v) is 17.4. The van der Waals surface area contributed by atoms with Crippen molar-refractivity contribution < 1.29 is 14.2 Å². The van der Waals surface area contributed by atoms with Gasteiger partial charge in [-0.25, -0.2) is 0 Å². The van der Waals surface area contributed by atoms with Crippen molar-refractivity contribution in [1.29, 1.82) is 0 Å². The van der Waals surface area contributed by atoms with Crippen LogP contribution >= 0.6 is 0 Å². The van der Waals surface area contributed by atoms with Gasteiger partial charge in [0.2, 0.25) is 0 Å². The van der Waals surface area contributed by atoms with Crippen LogP contribution in [0.5, 0.6) is 34.5 Å². The number of aromatic nitrogens is 5. The van der Waals surface area contributed by atoms with Crippen LogP contribution in [0, 0.1) is 5.92 Å². The standard InChI is InChI=1S/C44H41NO3.C39H30N4/c1-3-5-16-32(4-2)29-33-30-43(47-35-17-8-6-9-18-35)44(48-36-19-10-7-11-20-36)31-42(33)46-37-27-25-34(26-28-37)45-40-23-14-12-21-38(40)39-22-13-15-24-41(39)45;1-25-29-17-19-31(40-29)37(26-11-5-2-6-12-26)33-21-23-35(42-33)39(28-15-9-4-10-16-28)36-24-22-34(43-36)38(27-13-7-3-8-14-27)32-20-18-30(25)41-32/h6-15,17-28,30-32H,3-5,16,29H2,1-2H3;2-24,40-43H,1H3. The van der Waals surface area contributed by atoms with Crippen LogP contribution in [0.3, 0.4) is 0 Å². The Morgan fingerprint density at radius 2 is 0.758 bits per heavy atom. The Kier molecular flexibility index (Phi) is 16.6. The quantitative estimate of drug-likeness (QED) is 0.0776. The van der Waals surface area contributed by atoms with Crippen molar-refractivity contribution in [2.45, 2.75) is 52.9 Å². The highest BCUT2D eigenvalue weighted by atomic mass is 16.5. The molecular weight excluding hydrogens is 1110 g/mol. The minimum Gasteiger partial charge on any atom is -0.457 e. The van der Waals surface area contributed by atoms with E-state index in [0.717, 1.165) is 130 Å². The zero-order valence-electron chi connectivity index (χ0n) is 51.4. The summed E-state index contributed by atoms with van der Waals surface area (Å²) in [6.07, 6.45) is 5.56. The zero-order valence-corrected chi connectivity index (χ0v) is 51.4. The lowest BCUT2D eigenvalue weighted by Crippen LogP contribution is -2.18. The summed E-state index contributed by atoms with van der Waals surface area (Å²) in [5, 5.41) is 6.74. The molecule has 446 valence electrons. The van der Waals surface area contributed by atoms with Gasteiger partial charge in [0, 0.05) is 83.4 Å². The number of unbranched alkanes of at least 4 members (excludes halogenated alkanes) is 1. The second-order valence-electron chi connectivity index (χ2n) is 23.3. The maximum absolute atomic E-state index is 6.75. The average molecular weight is 1190 g/mol. The predicted molar refractivity (Wildman–Crippen MR) is 371 cm³/mol. The van der Waals surface area contributed by atoms with Crippen LogP contribution in [0.25, 0.3) is 49.8 Å². The van der Waals surface area contributed by atoms with Crippen molar-refractivity contribution >= 4 is 44.1 Å². The summed E-state index contributed by atoms with van der Waals surface area (Å²) < 4.78 is 22.0. The van der Waals surface area contributed by atoms with Crippen LogP contribution in [-0.2, 0) is 6.42 Å². The molecule has 4 N–H and O–H groups in total. The van der Waals surface area contributed by atoms with E-state index in [-0.39, 0.29) is 0 Å². The van der Waals surface area contributed by atoms with Crippen LogP contribution in [0.2, 0.25) is 0 Å². The van der Waals surface area contributed by atoms with Crippen LogP contribution in [-0.4, -0.2) is 24.5 Å². The van der Waals surface area contributed by atoms with Crippen molar-refractivity contribution in [3.63, 3.8) is 0 Å². The smallest absolute Gasteiger partial charge is 0.173 e. The van der Waals surface area contributed by atoms with Gasteiger partial charge in [-0.05, 0) is 162 Å². The fourth-order valence-corrected chi connectivity index (χ4v) is 12.7. The molecule has 0 radical (unpaired) electrons. The molecule has 14 aromatic rings. The van der Waals surface area contributed by atoms with Crippen molar-refractivity contribution in [3.05, 3.63) is 352 Å². The van der Waals surface area contributed by atoms with Crippen molar-refractivity contribution in [1.82, 2.24) is 24.5 Å². The molecule has 1 atom stereocenters. The number of H-pyrrole nitrogens is 4. The van der Waals surface area contributed by atoms with Gasteiger partial charge in [-0.1, -0.05) is 203 Å². The highest BCUT2D eigenvalue weighted by Gasteiger charge is 2.21. The molecular formula is C83H71N5O3. The number of hydrogen-bond acceptors (Lipinski definition) is 3. The number of hydrogen-bond donors (Lipinski definition) is 4. The van der Waals surface area contributed by atoms with E-state index >= 15 is 0 Å². The maximum Gasteiger partial charge on any atom is 0.173 e.